The molecule has 0 aliphatic rings. The van der Waals surface area contributed by atoms with E-state index in [2.05, 4.69) is 21.2 Å². The zero-order valence-corrected chi connectivity index (χ0v) is 12.2. The Labute approximate surface area is 120 Å². The van der Waals surface area contributed by atoms with Crippen LogP contribution in [-0.4, -0.2) is 7.11 Å². The van der Waals surface area contributed by atoms with Crippen LogP contribution in [0.3, 0.4) is 0 Å². The molecule has 0 spiro atoms. The van der Waals surface area contributed by atoms with Gasteiger partial charge in [0.25, 0.3) is 0 Å². The summed E-state index contributed by atoms with van der Waals surface area (Å²) in [6.07, 6.45) is 0. The Kier molecular flexibility index (Phi) is 4.93. The molecule has 0 heterocycles. The number of hydrogen-bond donors (Lipinski definition) is 1. The van der Waals surface area contributed by atoms with Gasteiger partial charge in [-0.25, -0.2) is 4.39 Å². The van der Waals surface area contributed by atoms with Crippen LogP contribution in [0.5, 0.6) is 5.75 Å². The van der Waals surface area contributed by atoms with E-state index in [-0.39, 0.29) is 11.6 Å². The van der Waals surface area contributed by atoms with E-state index in [1.54, 1.807) is 18.2 Å². The summed E-state index contributed by atoms with van der Waals surface area (Å²) < 4.78 is 19.9. The van der Waals surface area contributed by atoms with E-state index in [0.29, 0.717) is 18.7 Å². The first-order valence-electron chi connectivity index (χ1n) is 5.97. The quantitative estimate of drug-likeness (QED) is 0.901. The fourth-order valence-electron chi connectivity index (χ4n) is 1.79. The molecule has 2 aromatic carbocycles. The van der Waals surface area contributed by atoms with Gasteiger partial charge in [-0.1, -0.05) is 40.2 Å². The minimum atomic E-state index is -0.298. The predicted octanol–water partition coefficient (Wildman–Crippen LogP) is 3.89. The van der Waals surface area contributed by atoms with Crippen molar-refractivity contribution in [1.29, 1.82) is 0 Å². The third kappa shape index (κ3) is 3.78. The van der Waals surface area contributed by atoms with Crippen LogP contribution in [0.2, 0.25) is 0 Å². The summed E-state index contributed by atoms with van der Waals surface area (Å²) >= 11 is 3.39. The van der Waals surface area contributed by atoms with Gasteiger partial charge in [-0.15, -0.1) is 0 Å². The molecule has 19 heavy (non-hydrogen) atoms. The smallest absolute Gasteiger partial charge is 0.169 e. The molecule has 2 nitrogen and oxygen atoms in total. The highest BCUT2D eigenvalue weighted by atomic mass is 79.9. The molecular formula is C15H15BrFNO. The van der Waals surface area contributed by atoms with Crippen LogP contribution in [0.25, 0.3) is 0 Å². The average molecular weight is 324 g/mol. The van der Waals surface area contributed by atoms with E-state index in [0.717, 1.165) is 10.0 Å². The van der Waals surface area contributed by atoms with Gasteiger partial charge in [0.05, 0.1) is 7.11 Å². The highest BCUT2D eigenvalue weighted by Gasteiger charge is 2.07. The Hall–Kier alpha value is -1.39. The number of hydrogen-bond acceptors (Lipinski definition) is 2. The third-order valence-corrected chi connectivity index (χ3v) is 3.35. The lowest BCUT2D eigenvalue weighted by atomic mass is 10.2. The molecule has 0 aliphatic carbocycles. The second kappa shape index (κ2) is 6.68. The highest BCUT2D eigenvalue weighted by Crippen LogP contribution is 2.19. The first-order chi connectivity index (χ1) is 9.20. The van der Waals surface area contributed by atoms with Crippen LogP contribution in [0, 0.1) is 5.82 Å². The van der Waals surface area contributed by atoms with Crippen molar-refractivity contribution in [2.75, 3.05) is 7.11 Å². The van der Waals surface area contributed by atoms with Gasteiger partial charge in [0.1, 0.15) is 0 Å². The van der Waals surface area contributed by atoms with Crippen molar-refractivity contribution < 1.29 is 9.13 Å². The summed E-state index contributed by atoms with van der Waals surface area (Å²) in [6, 6.07) is 13.2. The van der Waals surface area contributed by atoms with Crippen molar-refractivity contribution in [2.45, 2.75) is 13.1 Å². The molecule has 0 atom stereocenters. The lowest BCUT2D eigenvalue weighted by Gasteiger charge is -2.09. The topological polar surface area (TPSA) is 21.3 Å². The summed E-state index contributed by atoms with van der Waals surface area (Å²) in [4.78, 5) is 0. The van der Waals surface area contributed by atoms with E-state index >= 15 is 0 Å². The van der Waals surface area contributed by atoms with E-state index in [1.165, 1.54) is 7.11 Å². The second-order valence-corrected chi connectivity index (χ2v) is 5.08. The number of methoxy groups -OCH3 is 1. The summed E-state index contributed by atoms with van der Waals surface area (Å²) in [6.45, 7) is 1.17. The second-order valence-electron chi connectivity index (χ2n) is 4.16. The van der Waals surface area contributed by atoms with E-state index in [9.17, 15) is 4.39 Å². The molecule has 0 amide bonds. The maximum atomic E-state index is 13.9. The predicted molar refractivity (Wildman–Crippen MR) is 77.6 cm³/mol. The molecule has 0 aliphatic heterocycles. The largest absolute Gasteiger partial charge is 0.494 e. The first kappa shape index (κ1) is 14.0. The molecule has 2 rings (SSSR count). The summed E-state index contributed by atoms with van der Waals surface area (Å²) in [5.74, 6) is -0.0174. The standard InChI is InChI=1S/C15H15BrFNO/c1-19-14-4-2-3-12(15(14)17)10-18-9-11-5-7-13(16)8-6-11/h2-8,18H,9-10H2,1H3. The monoisotopic (exact) mass is 323 g/mol. The molecule has 4 heteroatoms. The number of rotatable bonds is 5. The van der Waals surface area contributed by atoms with Gasteiger partial charge >= 0.3 is 0 Å². The SMILES string of the molecule is COc1cccc(CNCc2ccc(Br)cc2)c1F. The maximum absolute atomic E-state index is 13.9. The number of halogens is 2. The van der Waals surface area contributed by atoms with Crippen molar-refractivity contribution in [3.8, 4) is 5.75 Å². The average Bonchev–Trinajstić information content (AvgIpc) is 2.43. The van der Waals surface area contributed by atoms with Crippen molar-refractivity contribution in [3.63, 3.8) is 0 Å². The van der Waals surface area contributed by atoms with Crippen molar-refractivity contribution in [2.24, 2.45) is 0 Å². The Balaban J connectivity index is 1.94. The van der Waals surface area contributed by atoms with Crippen LogP contribution in [-0.2, 0) is 13.1 Å². The summed E-state index contributed by atoms with van der Waals surface area (Å²) in [5.41, 5.74) is 1.77. The number of benzene rings is 2. The van der Waals surface area contributed by atoms with E-state index in [1.807, 2.05) is 24.3 Å². The number of nitrogens with one attached hydrogen (secondary N) is 1. The van der Waals surface area contributed by atoms with Crippen LogP contribution < -0.4 is 10.1 Å². The van der Waals surface area contributed by atoms with Crippen LogP contribution in [0.4, 0.5) is 4.39 Å². The van der Waals surface area contributed by atoms with Gasteiger partial charge in [0, 0.05) is 23.1 Å². The molecule has 0 fully saturated rings. The number of ether oxygens (including phenoxy) is 1. The van der Waals surface area contributed by atoms with Crippen LogP contribution in [0.15, 0.2) is 46.9 Å². The Bertz CT molecular complexity index is 542. The van der Waals surface area contributed by atoms with E-state index < -0.39 is 0 Å². The fraction of sp³-hybridized carbons (Fsp3) is 0.200. The van der Waals surface area contributed by atoms with E-state index in [4.69, 9.17) is 4.74 Å². The van der Waals surface area contributed by atoms with Gasteiger partial charge in [0.15, 0.2) is 11.6 Å². The van der Waals surface area contributed by atoms with Gasteiger partial charge in [-0.3, -0.25) is 0 Å². The lowest BCUT2D eigenvalue weighted by molar-refractivity contribution is 0.383. The molecule has 0 unspecified atom stereocenters. The van der Waals surface area contributed by atoms with Crippen LogP contribution in [0.1, 0.15) is 11.1 Å². The zero-order chi connectivity index (χ0) is 13.7. The molecule has 0 aromatic heterocycles. The Morgan fingerprint density at radius 2 is 1.84 bits per heavy atom. The molecule has 2 aromatic rings. The minimum absolute atomic E-state index is 0.281. The molecule has 0 saturated heterocycles. The summed E-state index contributed by atoms with van der Waals surface area (Å²) in [7, 11) is 1.47. The Morgan fingerprint density at radius 1 is 1.11 bits per heavy atom. The maximum Gasteiger partial charge on any atom is 0.169 e. The molecular weight excluding hydrogens is 309 g/mol. The molecule has 0 radical (unpaired) electrons. The zero-order valence-electron chi connectivity index (χ0n) is 10.6. The van der Waals surface area contributed by atoms with Crippen molar-refractivity contribution in [1.82, 2.24) is 5.32 Å². The molecule has 100 valence electrons. The molecule has 1 N–H and O–H groups in total. The first-order valence-corrected chi connectivity index (χ1v) is 6.76. The minimum Gasteiger partial charge on any atom is -0.494 e. The molecule has 0 saturated carbocycles. The normalized spacial score (nSPS) is 10.5. The summed E-state index contributed by atoms with van der Waals surface area (Å²) in [5, 5.41) is 3.22. The third-order valence-electron chi connectivity index (χ3n) is 2.82. The van der Waals surface area contributed by atoms with Gasteiger partial charge in [-0.05, 0) is 23.8 Å². The van der Waals surface area contributed by atoms with Crippen LogP contribution >= 0.6 is 15.9 Å². The highest BCUT2D eigenvalue weighted by molar-refractivity contribution is 9.10. The van der Waals surface area contributed by atoms with Crippen molar-refractivity contribution >= 4 is 15.9 Å². The lowest BCUT2D eigenvalue weighted by Crippen LogP contribution is -2.13. The van der Waals surface area contributed by atoms with Gasteiger partial charge < -0.3 is 10.1 Å². The van der Waals surface area contributed by atoms with Gasteiger partial charge in [-0.2, -0.15) is 0 Å². The fourth-order valence-corrected chi connectivity index (χ4v) is 2.06. The Morgan fingerprint density at radius 3 is 2.53 bits per heavy atom. The van der Waals surface area contributed by atoms with Gasteiger partial charge in [0.2, 0.25) is 0 Å². The van der Waals surface area contributed by atoms with Crippen molar-refractivity contribution in [3.05, 3.63) is 63.9 Å². The molecule has 0 bridgehead atoms.